The number of nitrogens with one attached hydrogen (secondary N) is 2. The maximum absolute atomic E-state index is 12.8. The lowest BCUT2D eigenvalue weighted by Gasteiger charge is -2.14. The molecule has 1 amide bonds. The van der Waals surface area contributed by atoms with Crippen LogP contribution in [-0.4, -0.2) is 26.9 Å². The first kappa shape index (κ1) is 24.0. The van der Waals surface area contributed by atoms with Crippen LogP contribution in [-0.2, 0) is 14.8 Å². The Morgan fingerprint density at radius 3 is 2.12 bits per heavy atom. The predicted octanol–water partition coefficient (Wildman–Crippen LogP) is 4.84. The molecule has 0 spiro atoms. The topological polar surface area (TPSA) is 102 Å². The van der Waals surface area contributed by atoms with Gasteiger partial charge in [0, 0.05) is 11.3 Å². The van der Waals surface area contributed by atoms with Crippen molar-refractivity contribution >= 4 is 33.3 Å². The highest BCUT2D eigenvalue weighted by Gasteiger charge is 2.17. The number of amides is 1. The molecule has 3 aromatic carbocycles. The molecule has 3 aromatic rings. The van der Waals surface area contributed by atoms with Crippen LogP contribution in [0.4, 0.5) is 11.4 Å². The van der Waals surface area contributed by atoms with E-state index in [2.05, 4.69) is 10.0 Å². The van der Waals surface area contributed by atoms with Crippen LogP contribution in [0.3, 0.4) is 0 Å². The third-order valence-corrected chi connectivity index (χ3v) is 6.44. The number of esters is 1. The molecule has 3 rings (SSSR count). The van der Waals surface area contributed by atoms with Crippen LogP contribution < -0.4 is 10.0 Å². The summed E-state index contributed by atoms with van der Waals surface area (Å²) >= 11 is 0. The van der Waals surface area contributed by atoms with Gasteiger partial charge in [-0.05, 0) is 81.3 Å². The first-order valence-electron chi connectivity index (χ1n) is 10.4. The zero-order chi connectivity index (χ0) is 24.2. The molecule has 0 heterocycles. The quantitative estimate of drug-likeness (QED) is 0.485. The van der Waals surface area contributed by atoms with Gasteiger partial charge in [0.2, 0.25) is 0 Å². The van der Waals surface area contributed by atoms with Gasteiger partial charge in [-0.2, -0.15) is 0 Å². The molecule has 0 saturated carbocycles. The zero-order valence-electron chi connectivity index (χ0n) is 18.9. The van der Waals surface area contributed by atoms with Gasteiger partial charge >= 0.3 is 5.97 Å². The van der Waals surface area contributed by atoms with Crippen molar-refractivity contribution in [3.8, 4) is 0 Å². The minimum atomic E-state index is -3.80. The number of carbonyl (C=O) groups is 2. The molecule has 8 heteroatoms. The van der Waals surface area contributed by atoms with E-state index >= 15 is 0 Å². The van der Waals surface area contributed by atoms with Crippen molar-refractivity contribution in [3.05, 3.63) is 88.5 Å². The number of carbonyl (C=O) groups excluding carboxylic acids is 2. The number of rotatable bonds is 7. The number of ether oxygens (including phenoxy) is 1. The van der Waals surface area contributed by atoms with Gasteiger partial charge in [0.05, 0.1) is 22.8 Å². The van der Waals surface area contributed by atoms with Gasteiger partial charge in [0.25, 0.3) is 15.9 Å². The minimum Gasteiger partial charge on any atom is -0.462 e. The van der Waals surface area contributed by atoms with Gasteiger partial charge in [-0.3, -0.25) is 9.52 Å². The van der Waals surface area contributed by atoms with Crippen molar-refractivity contribution in [1.82, 2.24) is 0 Å². The van der Waals surface area contributed by atoms with Gasteiger partial charge in [-0.1, -0.05) is 23.8 Å². The molecule has 0 bridgehead atoms. The fourth-order valence-electron chi connectivity index (χ4n) is 3.13. The fourth-order valence-corrected chi connectivity index (χ4v) is 4.26. The minimum absolute atomic E-state index is 0.139. The van der Waals surface area contributed by atoms with Gasteiger partial charge in [-0.25, -0.2) is 13.2 Å². The standard InChI is InChI=1S/C25H26N2O5S/c1-5-32-25(29)20-10-13-22(18(4)14-20)26-24(28)19-9-8-17(3)23(15-19)27-33(30,31)21-11-6-16(2)7-12-21/h6-15,27H,5H2,1-4H3,(H,26,28). The summed E-state index contributed by atoms with van der Waals surface area (Å²) in [6.07, 6.45) is 0. The van der Waals surface area contributed by atoms with Crippen LogP contribution in [0.1, 0.15) is 44.3 Å². The second-order valence-corrected chi connectivity index (χ2v) is 9.33. The number of aryl methyl sites for hydroxylation is 3. The van der Waals surface area contributed by atoms with E-state index in [9.17, 15) is 18.0 Å². The number of anilines is 2. The number of hydrogen-bond acceptors (Lipinski definition) is 5. The zero-order valence-corrected chi connectivity index (χ0v) is 19.7. The second kappa shape index (κ2) is 9.87. The smallest absolute Gasteiger partial charge is 0.338 e. The van der Waals surface area contributed by atoms with Crippen molar-refractivity contribution in [2.45, 2.75) is 32.6 Å². The summed E-state index contributed by atoms with van der Waals surface area (Å²) in [5, 5.41) is 2.80. The largest absolute Gasteiger partial charge is 0.462 e. The molecule has 2 N–H and O–H groups in total. The molecule has 0 saturated heterocycles. The van der Waals surface area contributed by atoms with E-state index < -0.39 is 21.9 Å². The molecule has 7 nitrogen and oxygen atoms in total. The van der Waals surface area contributed by atoms with Gasteiger partial charge in [0.15, 0.2) is 0 Å². The Labute approximate surface area is 193 Å². The summed E-state index contributed by atoms with van der Waals surface area (Å²) in [6.45, 7) is 7.42. The van der Waals surface area contributed by atoms with E-state index in [1.54, 1.807) is 63.2 Å². The first-order chi connectivity index (χ1) is 15.6. The Hall–Kier alpha value is -3.65. The monoisotopic (exact) mass is 466 g/mol. The van der Waals surface area contributed by atoms with Gasteiger partial charge < -0.3 is 10.1 Å². The number of hydrogen-bond donors (Lipinski definition) is 2. The molecule has 0 radical (unpaired) electrons. The normalized spacial score (nSPS) is 11.0. The fraction of sp³-hybridized carbons (Fsp3) is 0.200. The molecular weight excluding hydrogens is 440 g/mol. The highest BCUT2D eigenvalue weighted by molar-refractivity contribution is 7.92. The lowest BCUT2D eigenvalue weighted by atomic mass is 10.1. The third-order valence-electron chi connectivity index (χ3n) is 5.06. The van der Waals surface area contributed by atoms with E-state index in [4.69, 9.17) is 4.74 Å². The average molecular weight is 467 g/mol. The summed E-state index contributed by atoms with van der Waals surface area (Å²) in [5.74, 6) is -0.833. The molecule has 0 fully saturated rings. The maximum atomic E-state index is 12.8. The number of benzene rings is 3. The molecule has 0 unspecified atom stereocenters. The van der Waals surface area contributed by atoms with Crippen LogP contribution in [0, 0.1) is 20.8 Å². The Morgan fingerprint density at radius 1 is 0.818 bits per heavy atom. The van der Waals surface area contributed by atoms with E-state index in [0.29, 0.717) is 28.1 Å². The summed E-state index contributed by atoms with van der Waals surface area (Å²) in [5.41, 5.74) is 3.87. The van der Waals surface area contributed by atoms with Crippen LogP contribution in [0.5, 0.6) is 0 Å². The average Bonchev–Trinajstić information content (AvgIpc) is 2.77. The van der Waals surface area contributed by atoms with E-state index in [1.807, 2.05) is 6.92 Å². The molecule has 0 aliphatic heterocycles. The first-order valence-corrected chi connectivity index (χ1v) is 11.9. The summed E-state index contributed by atoms with van der Waals surface area (Å²) in [7, 11) is -3.80. The van der Waals surface area contributed by atoms with Crippen LogP contribution >= 0.6 is 0 Å². The predicted molar refractivity (Wildman–Crippen MR) is 128 cm³/mol. The highest BCUT2D eigenvalue weighted by Crippen LogP contribution is 2.23. The highest BCUT2D eigenvalue weighted by atomic mass is 32.2. The molecule has 0 aliphatic carbocycles. The van der Waals surface area contributed by atoms with E-state index in [1.165, 1.54) is 18.2 Å². The molecule has 0 aromatic heterocycles. The maximum Gasteiger partial charge on any atom is 0.338 e. The van der Waals surface area contributed by atoms with E-state index in [-0.39, 0.29) is 17.1 Å². The summed E-state index contributed by atoms with van der Waals surface area (Å²) in [6, 6.07) is 16.2. The molecular formula is C25H26N2O5S. The van der Waals surface area contributed by atoms with Crippen molar-refractivity contribution in [3.63, 3.8) is 0 Å². The Morgan fingerprint density at radius 2 is 1.48 bits per heavy atom. The SMILES string of the molecule is CCOC(=O)c1ccc(NC(=O)c2ccc(C)c(NS(=O)(=O)c3ccc(C)cc3)c2)c(C)c1. The van der Waals surface area contributed by atoms with Gasteiger partial charge in [0.1, 0.15) is 0 Å². The summed E-state index contributed by atoms with van der Waals surface area (Å²) in [4.78, 5) is 24.9. The molecule has 0 atom stereocenters. The van der Waals surface area contributed by atoms with Crippen molar-refractivity contribution in [2.75, 3.05) is 16.6 Å². The van der Waals surface area contributed by atoms with Crippen molar-refractivity contribution in [2.24, 2.45) is 0 Å². The Kier molecular flexibility index (Phi) is 7.18. The second-order valence-electron chi connectivity index (χ2n) is 7.65. The van der Waals surface area contributed by atoms with Crippen LogP contribution in [0.2, 0.25) is 0 Å². The lowest BCUT2D eigenvalue weighted by Crippen LogP contribution is -2.16. The van der Waals surface area contributed by atoms with Crippen molar-refractivity contribution in [1.29, 1.82) is 0 Å². The third kappa shape index (κ3) is 5.78. The summed E-state index contributed by atoms with van der Waals surface area (Å²) < 4.78 is 33.1. The Balaban J connectivity index is 1.81. The van der Waals surface area contributed by atoms with Crippen LogP contribution in [0.25, 0.3) is 0 Å². The Bertz CT molecular complexity index is 1300. The molecule has 0 aliphatic rings. The van der Waals surface area contributed by atoms with Crippen molar-refractivity contribution < 1.29 is 22.7 Å². The molecule has 33 heavy (non-hydrogen) atoms. The lowest BCUT2D eigenvalue weighted by molar-refractivity contribution is 0.0526. The number of sulfonamides is 1. The van der Waals surface area contributed by atoms with Gasteiger partial charge in [-0.15, -0.1) is 0 Å². The van der Waals surface area contributed by atoms with E-state index in [0.717, 1.165) is 5.56 Å². The van der Waals surface area contributed by atoms with Crippen LogP contribution in [0.15, 0.2) is 65.6 Å². The molecule has 172 valence electrons.